The molecule has 320 valence electrons. The average molecular weight is 841 g/mol. The molecule has 15 nitrogen and oxygen atoms in total. The molecule has 0 aliphatic carbocycles. The molecule has 0 radical (unpaired) electrons. The number of pyridine rings is 2. The molecule has 1 amide bonds. The van der Waals surface area contributed by atoms with Crippen LogP contribution in [0.1, 0.15) is 92.7 Å². The lowest BCUT2D eigenvalue weighted by atomic mass is 9.85. The van der Waals surface area contributed by atoms with Crippen molar-refractivity contribution in [1.29, 1.82) is 0 Å². The van der Waals surface area contributed by atoms with Gasteiger partial charge in [-0.3, -0.25) is 4.79 Å². The van der Waals surface area contributed by atoms with E-state index in [2.05, 4.69) is 10.2 Å². The van der Waals surface area contributed by atoms with Crippen LogP contribution in [0.2, 0.25) is 0 Å². The van der Waals surface area contributed by atoms with Gasteiger partial charge in [0.15, 0.2) is 5.82 Å². The van der Waals surface area contributed by atoms with Gasteiger partial charge in [-0.05, 0) is 110 Å². The molecule has 1 fully saturated rings. The summed E-state index contributed by atoms with van der Waals surface area (Å²) in [6.07, 6.45) is 3.22. The Morgan fingerprint density at radius 3 is 2.40 bits per heavy atom. The molecule has 6 aromatic rings. The standard InChI is InChI=1S/C47H48N6O9/c1-5-30-32-19-29(54)13-14-37(32)48-41-34(30)23-52-38(41)21-36-35(43(52)57)24-61-44(58)47(36,6-2)62-46(60)51-17-15-27(16-18-51)8-7-26-9-11-28(12-10-26)53-42(49-50-45(53)59)33-20-31(25(3)4)39(55)22-40(33)56/h9-14,19-22,25,27,54-56H,5-8,15-18,23-24H2,1-4H3,(H,50,59)/t47-/m0/s1. The number of fused-ring (bicyclic) bond motifs is 5. The number of amides is 1. The number of cyclic esters (lactones) is 1. The van der Waals surface area contributed by atoms with Crippen LogP contribution in [-0.2, 0) is 45.9 Å². The van der Waals surface area contributed by atoms with Gasteiger partial charge in [-0.15, -0.1) is 5.10 Å². The second-order valence-corrected chi connectivity index (χ2v) is 16.8. The monoisotopic (exact) mass is 840 g/mol. The van der Waals surface area contributed by atoms with Crippen LogP contribution in [0.4, 0.5) is 4.79 Å². The van der Waals surface area contributed by atoms with Crippen LogP contribution in [0.25, 0.3) is 39.4 Å². The first-order chi connectivity index (χ1) is 29.8. The van der Waals surface area contributed by atoms with Gasteiger partial charge in [-0.25, -0.2) is 19.1 Å². The number of aromatic hydroxyl groups is 4. The molecule has 4 N–H and O–H groups in total. The number of esters is 1. The summed E-state index contributed by atoms with van der Waals surface area (Å²) in [5.74, 6) is -0.235. The molecule has 0 unspecified atom stereocenters. The molecular weight excluding hydrogens is 793 g/mol. The summed E-state index contributed by atoms with van der Waals surface area (Å²) < 4.78 is 14.8. The molecule has 62 heavy (non-hydrogen) atoms. The van der Waals surface area contributed by atoms with E-state index in [9.17, 15) is 34.8 Å². The van der Waals surface area contributed by atoms with Gasteiger partial charge in [0.25, 0.3) is 5.56 Å². The molecule has 1 atom stereocenters. The Morgan fingerprint density at radius 1 is 0.935 bits per heavy atom. The largest absolute Gasteiger partial charge is 0.508 e. The maximum absolute atomic E-state index is 14.1. The van der Waals surface area contributed by atoms with E-state index in [1.165, 1.54) is 10.6 Å². The number of rotatable bonds is 9. The van der Waals surface area contributed by atoms with Crippen LogP contribution < -0.4 is 5.56 Å². The van der Waals surface area contributed by atoms with E-state index < -0.39 is 17.7 Å². The van der Waals surface area contributed by atoms with Gasteiger partial charge >= 0.3 is 18.1 Å². The number of hydrogen-bond donors (Lipinski definition) is 4. The lowest BCUT2D eigenvalue weighted by Gasteiger charge is -2.38. The number of piperidine rings is 1. The number of aromatic nitrogens is 5. The van der Waals surface area contributed by atoms with Crippen LogP contribution in [-0.4, -0.2) is 74.8 Å². The number of carbonyl (C=O) groups excluding carboxylic acids is 2. The summed E-state index contributed by atoms with van der Waals surface area (Å²) in [6.45, 7) is 8.55. The topological polar surface area (TPSA) is 202 Å². The Kier molecular flexibility index (Phi) is 10.1. The van der Waals surface area contributed by atoms with Crippen molar-refractivity contribution in [2.24, 2.45) is 5.92 Å². The van der Waals surface area contributed by atoms with Crippen molar-refractivity contribution in [3.05, 3.63) is 104 Å². The molecule has 3 aliphatic rings. The minimum Gasteiger partial charge on any atom is -0.508 e. The number of hydrogen-bond acceptors (Lipinski definition) is 12. The van der Waals surface area contributed by atoms with Crippen molar-refractivity contribution >= 4 is 23.0 Å². The predicted octanol–water partition coefficient (Wildman–Crippen LogP) is 7.32. The molecule has 6 heterocycles. The number of likely N-dealkylation sites (tertiary alicyclic amines) is 1. The van der Waals surface area contributed by atoms with Gasteiger partial charge in [0.1, 0.15) is 23.9 Å². The Bertz CT molecular complexity index is 2840. The lowest BCUT2D eigenvalue weighted by molar-refractivity contribution is -0.173. The summed E-state index contributed by atoms with van der Waals surface area (Å²) in [5.41, 5.74) is 4.83. The maximum Gasteiger partial charge on any atom is 0.411 e. The summed E-state index contributed by atoms with van der Waals surface area (Å²) >= 11 is 0. The van der Waals surface area contributed by atoms with Crippen molar-refractivity contribution in [3.8, 4) is 51.7 Å². The number of benzene rings is 3. The molecule has 3 aromatic heterocycles. The number of nitrogens with zero attached hydrogens (tertiary/aromatic N) is 6. The second kappa shape index (κ2) is 15.5. The molecule has 3 aromatic carbocycles. The Hall–Kier alpha value is -6.90. The summed E-state index contributed by atoms with van der Waals surface area (Å²) in [4.78, 5) is 48.3. The Labute approximate surface area is 356 Å². The van der Waals surface area contributed by atoms with Crippen molar-refractivity contribution in [2.45, 2.75) is 90.9 Å². The number of carbonyl (C=O) groups is 2. The highest BCUT2D eigenvalue weighted by Crippen LogP contribution is 2.43. The zero-order valence-corrected chi connectivity index (χ0v) is 35.0. The van der Waals surface area contributed by atoms with Crippen molar-refractivity contribution < 1.29 is 39.5 Å². The number of phenols is 3. The number of aryl methyl sites for hydroxylation is 2. The molecular formula is C47H48N6O9. The van der Waals surface area contributed by atoms with E-state index in [1.54, 1.807) is 46.7 Å². The zero-order valence-electron chi connectivity index (χ0n) is 35.0. The summed E-state index contributed by atoms with van der Waals surface area (Å²) in [7, 11) is 0. The Morgan fingerprint density at radius 2 is 1.69 bits per heavy atom. The molecule has 1 saturated heterocycles. The first-order valence-electron chi connectivity index (χ1n) is 21.2. The van der Waals surface area contributed by atoms with Gasteiger partial charge < -0.3 is 39.4 Å². The van der Waals surface area contributed by atoms with Crippen molar-refractivity contribution in [1.82, 2.24) is 29.2 Å². The van der Waals surface area contributed by atoms with Gasteiger partial charge in [-0.1, -0.05) is 44.9 Å². The normalized spacial score (nSPS) is 17.2. The van der Waals surface area contributed by atoms with Crippen LogP contribution in [0.5, 0.6) is 23.3 Å². The third kappa shape index (κ3) is 6.66. The molecule has 3 aliphatic heterocycles. The van der Waals surface area contributed by atoms with Crippen molar-refractivity contribution in [3.63, 3.8) is 0 Å². The van der Waals surface area contributed by atoms with Crippen molar-refractivity contribution in [2.75, 3.05) is 13.1 Å². The van der Waals surface area contributed by atoms with Gasteiger partial charge in [0, 0.05) is 35.7 Å². The molecule has 9 rings (SSSR count). The van der Waals surface area contributed by atoms with E-state index in [-0.39, 0.29) is 65.7 Å². The van der Waals surface area contributed by atoms with E-state index >= 15 is 0 Å². The van der Waals surface area contributed by atoms with E-state index in [1.807, 2.05) is 45.0 Å². The second-order valence-electron chi connectivity index (χ2n) is 16.8. The maximum atomic E-state index is 14.1. The average Bonchev–Trinajstić information content (AvgIpc) is 3.83. The van der Waals surface area contributed by atoms with E-state index in [0.29, 0.717) is 64.7 Å². The highest BCUT2D eigenvalue weighted by molar-refractivity contribution is 5.90. The molecule has 0 saturated carbocycles. The van der Waals surface area contributed by atoms with Gasteiger partial charge in [-0.2, -0.15) is 0 Å². The highest BCUT2D eigenvalue weighted by atomic mass is 16.6. The fourth-order valence-corrected chi connectivity index (χ4v) is 9.43. The predicted molar refractivity (Wildman–Crippen MR) is 228 cm³/mol. The van der Waals surface area contributed by atoms with Gasteiger partial charge in [0.2, 0.25) is 5.60 Å². The highest BCUT2D eigenvalue weighted by Gasteiger charge is 2.51. The van der Waals surface area contributed by atoms with Gasteiger partial charge in [0.05, 0.1) is 40.3 Å². The Balaban J connectivity index is 0.878. The number of phenolic OH excluding ortho intramolecular Hbond substituents is 3. The van der Waals surface area contributed by atoms with E-state index in [0.717, 1.165) is 47.8 Å². The fourth-order valence-electron chi connectivity index (χ4n) is 9.43. The third-order valence-corrected chi connectivity index (χ3v) is 12.9. The lowest BCUT2D eigenvalue weighted by Crippen LogP contribution is -2.50. The SMILES string of the molecule is CCc1c2c(nc3ccc(O)cc13)-c1cc3c(c(=O)n1C2)COC(=O)[C@@]3(CC)OC(=O)N1CCC(CCc2ccc(-n3c(O)nnc3-c3cc(C(C)C)c(O)cc3O)cc2)CC1. The minimum absolute atomic E-state index is 0.0175. The zero-order chi connectivity index (χ0) is 43.6. The summed E-state index contributed by atoms with van der Waals surface area (Å²) in [6, 6.07) is 17.0. The minimum atomic E-state index is -1.81. The van der Waals surface area contributed by atoms with Crippen LogP contribution in [0.15, 0.2) is 65.5 Å². The first kappa shape index (κ1) is 40.5. The number of ether oxygens (including phenoxy) is 2. The third-order valence-electron chi connectivity index (χ3n) is 12.9. The van der Waals surface area contributed by atoms with Crippen LogP contribution >= 0.6 is 0 Å². The van der Waals surface area contributed by atoms with Crippen LogP contribution in [0, 0.1) is 5.92 Å². The smallest absolute Gasteiger partial charge is 0.411 e. The molecule has 15 heteroatoms. The summed E-state index contributed by atoms with van der Waals surface area (Å²) in [5, 5.41) is 50.7. The quantitative estimate of drug-likeness (QED) is 0.106. The molecule has 0 spiro atoms. The fraction of sp³-hybridized carbons (Fsp3) is 0.362. The van der Waals surface area contributed by atoms with Crippen LogP contribution in [0.3, 0.4) is 0 Å². The van der Waals surface area contributed by atoms with E-state index in [4.69, 9.17) is 14.5 Å². The molecule has 0 bridgehead atoms. The first-order valence-corrected chi connectivity index (χ1v) is 21.2.